The molecule has 0 bridgehead atoms. The van der Waals surface area contributed by atoms with Crippen LogP contribution in [0.15, 0.2) is 41.6 Å². The first kappa shape index (κ1) is 19.8. The van der Waals surface area contributed by atoms with Crippen LogP contribution in [-0.4, -0.2) is 58.8 Å². The van der Waals surface area contributed by atoms with Gasteiger partial charge >= 0.3 is 0 Å². The van der Waals surface area contributed by atoms with Gasteiger partial charge in [0.1, 0.15) is 24.0 Å². The maximum atomic E-state index is 12.7. The van der Waals surface area contributed by atoms with E-state index in [4.69, 9.17) is 9.47 Å². The number of aromatic nitrogens is 4. The Bertz CT molecular complexity index is 1110. The summed E-state index contributed by atoms with van der Waals surface area (Å²) >= 11 is 0. The lowest BCUT2D eigenvalue weighted by Gasteiger charge is -2.26. The molecule has 10 nitrogen and oxygen atoms in total. The van der Waals surface area contributed by atoms with Gasteiger partial charge in [-0.05, 0) is 17.7 Å². The Balaban J connectivity index is 1.45. The Morgan fingerprint density at radius 2 is 2.10 bits per heavy atom. The number of nitrogens with zero attached hydrogens (tertiary/aromatic N) is 5. The van der Waals surface area contributed by atoms with E-state index in [1.807, 2.05) is 29.2 Å². The minimum Gasteiger partial charge on any atom is -0.497 e. The van der Waals surface area contributed by atoms with Gasteiger partial charge in [0.2, 0.25) is 11.9 Å². The maximum Gasteiger partial charge on any atom is 0.264 e. The normalized spacial score (nSPS) is 14.0. The number of amides is 1. The van der Waals surface area contributed by atoms with Crippen molar-refractivity contribution in [3.8, 4) is 5.75 Å². The summed E-state index contributed by atoms with van der Waals surface area (Å²) in [7, 11) is 1.59. The van der Waals surface area contributed by atoms with E-state index >= 15 is 0 Å². The van der Waals surface area contributed by atoms with Gasteiger partial charge in [-0.1, -0.05) is 12.1 Å². The lowest BCUT2D eigenvalue weighted by molar-refractivity contribution is -0.121. The van der Waals surface area contributed by atoms with Crippen molar-refractivity contribution in [1.29, 1.82) is 0 Å². The van der Waals surface area contributed by atoms with Crippen LogP contribution in [0.2, 0.25) is 0 Å². The first-order valence-corrected chi connectivity index (χ1v) is 9.58. The van der Waals surface area contributed by atoms with Gasteiger partial charge < -0.3 is 19.7 Å². The standard InChI is InChI=1S/C20H22N6O4/c1-29-15-4-2-3-14(9-15)10-21-17(27)12-26-13-23-18-16(19(26)28)11-22-20(24-18)25-5-7-30-8-6-25/h2-4,9,11,13H,5-8,10,12H2,1H3,(H,21,27). The molecule has 2 aromatic heterocycles. The molecule has 1 aromatic carbocycles. The molecule has 156 valence electrons. The van der Waals surface area contributed by atoms with Crippen molar-refractivity contribution < 1.29 is 14.3 Å². The molecule has 1 aliphatic rings. The Labute approximate surface area is 172 Å². The van der Waals surface area contributed by atoms with Crippen molar-refractivity contribution in [1.82, 2.24) is 24.8 Å². The number of rotatable bonds is 6. The Morgan fingerprint density at radius 3 is 2.90 bits per heavy atom. The summed E-state index contributed by atoms with van der Waals surface area (Å²) in [6.45, 7) is 2.80. The number of fused-ring (bicyclic) bond motifs is 1. The first-order valence-electron chi connectivity index (χ1n) is 9.58. The van der Waals surface area contributed by atoms with Crippen LogP contribution in [0.25, 0.3) is 11.0 Å². The quantitative estimate of drug-likeness (QED) is 0.620. The molecule has 1 saturated heterocycles. The number of carbonyl (C=O) groups is 1. The van der Waals surface area contributed by atoms with Crippen molar-refractivity contribution in [2.24, 2.45) is 0 Å². The average Bonchev–Trinajstić information content (AvgIpc) is 2.80. The summed E-state index contributed by atoms with van der Waals surface area (Å²) < 4.78 is 11.8. The number of anilines is 1. The molecule has 1 N–H and O–H groups in total. The number of benzene rings is 1. The van der Waals surface area contributed by atoms with Crippen LogP contribution in [0.5, 0.6) is 5.75 Å². The second kappa shape index (κ2) is 8.87. The fraction of sp³-hybridized carbons (Fsp3) is 0.350. The molecule has 30 heavy (non-hydrogen) atoms. The number of nitrogens with one attached hydrogen (secondary N) is 1. The average molecular weight is 410 g/mol. The third-order valence-electron chi connectivity index (χ3n) is 4.80. The van der Waals surface area contributed by atoms with Crippen LogP contribution in [0.4, 0.5) is 5.95 Å². The van der Waals surface area contributed by atoms with E-state index < -0.39 is 0 Å². The molecule has 1 aliphatic heterocycles. The highest BCUT2D eigenvalue weighted by Gasteiger charge is 2.16. The van der Waals surface area contributed by atoms with Gasteiger partial charge in [-0.3, -0.25) is 14.2 Å². The second-order valence-electron chi connectivity index (χ2n) is 6.81. The summed E-state index contributed by atoms with van der Waals surface area (Å²) in [5.74, 6) is 0.937. The largest absolute Gasteiger partial charge is 0.497 e. The summed E-state index contributed by atoms with van der Waals surface area (Å²) in [6, 6.07) is 7.41. The molecule has 1 fully saturated rings. The van der Waals surface area contributed by atoms with Gasteiger partial charge in [-0.2, -0.15) is 4.98 Å². The predicted octanol–water partition coefficient (Wildman–Crippen LogP) is 0.348. The maximum absolute atomic E-state index is 12.7. The van der Waals surface area contributed by atoms with E-state index in [1.54, 1.807) is 7.11 Å². The monoisotopic (exact) mass is 410 g/mol. The number of hydrogen-bond acceptors (Lipinski definition) is 8. The van der Waals surface area contributed by atoms with Crippen molar-refractivity contribution in [3.63, 3.8) is 0 Å². The predicted molar refractivity (Wildman–Crippen MR) is 109 cm³/mol. The molecule has 0 unspecified atom stereocenters. The van der Waals surface area contributed by atoms with Crippen LogP contribution in [0.1, 0.15) is 5.56 Å². The molecule has 0 saturated carbocycles. The molecule has 0 spiro atoms. The highest BCUT2D eigenvalue weighted by molar-refractivity contribution is 5.77. The SMILES string of the molecule is COc1cccc(CNC(=O)Cn2cnc3nc(N4CCOCC4)ncc3c2=O)c1. The minimum atomic E-state index is -0.356. The van der Waals surface area contributed by atoms with Crippen LogP contribution in [-0.2, 0) is 22.6 Å². The summed E-state index contributed by atoms with van der Waals surface area (Å²) in [6.07, 6.45) is 2.80. The van der Waals surface area contributed by atoms with E-state index in [-0.39, 0.29) is 23.4 Å². The lowest BCUT2D eigenvalue weighted by Crippen LogP contribution is -2.37. The van der Waals surface area contributed by atoms with Crippen molar-refractivity contribution in [2.75, 3.05) is 38.3 Å². The molecular weight excluding hydrogens is 388 g/mol. The second-order valence-corrected chi connectivity index (χ2v) is 6.81. The molecule has 4 rings (SSSR count). The van der Waals surface area contributed by atoms with Crippen molar-refractivity contribution >= 4 is 22.9 Å². The topological polar surface area (TPSA) is 111 Å². The van der Waals surface area contributed by atoms with Gasteiger partial charge in [0, 0.05) is 25.8 Å². The third-order valence-corrected chi connectivity index (χ3v) is 4.80. The third kappa shape index (κ3) is 4.38. The Kier molecular flexibility index (Phi) is 5.84. The zero-order valence-corrected chi connectivity index (χ0v) is 16.6. The van der Waals surface area contributed by atoms with E-state index in [9.17, 15) is 9.59 Å². The molecule has 1 amide bonds. The van der Waals surface area contributed by atoms with Crippen molar-refractivity contribution in [3.05, 3.63) is 52.7 Å². The number of morpholine rings is 1. The number of methoxy groups -OCH3 is 1. The molecule has 0 atom stereocenters. The molecule has 0 radical (unpaired) electrons. The highest BCUT2D eigenvalue weighted by atomic mass is 16.5. The minimum absolute atomic E-state index is 0.142. The number of hydrogen-bond donors (Lipinski definition) is 1. The zero-order chi connectivity index (χ0) is 20.9. The highest BCUT2D eigenvalue weighted by Crippen LogP contribution is 2.13. The molecule has 3 heterocycles. The number of carbonyl (C=O) groups excluding carboxylic acids is 1. The summed E-state index contributed by atoms with van der Waals surface area (Å²) in [5, 5.41) is 3.07. The summed E-state index contributed by atoms with van der Waals surface area (Å²) in [5.41, 5.74) is 0.852. The van der Waals surface area contributed by atoms with Crippen molar-refractivity contribution in [2.45, 2.75) is 13.1 Å². The van der Waals surface area contributed by atoms with Gasteiger partial charge in [-0.15, -0.1) is 0 Å². The Hall–Kier alpha value is -3.53. The van der Waals surface area contributed by atoms with Gasteiger partial charge in [0.25, 0.3) is 5.56 Å². The smallest absolute Gasteiger partial charge is 0.264 e. The molecule has 0 aliphatic carbocycles. The van der Waals surface area contributed by atoms with Crippen LogP contribution < -0.4 is 20.5 Å². The molecule has 10 heteroatoms. The van der Waals surface area contributed by atoms with Crippen LogP contribution >= 0.6 is 0 Å². The zero-order valence-electron chi connectivity index (χ0n) is 16.6. The first-order chi connectivity index (χ1) is 14.6. The molecular formula is C20H22N6O4. The van der Waals surface area contributed by atoms with Gasteiger partial charge in [0.15, 0.2) is 5.65 Å². The fourth-order valence-electron chi connectivity index (χ4n) is 3.17. The summed E-state index contributed by atoms with van der Waals surface area (Å²) in [4.78, 5) is 40.0. The van der Waals surface area contributed by atoms with E-state index in [0.717, 1.165) is 5.56 Å². The van der Waals surface area contributed by atoms with Gasteiger partial charge in [0.05, 0.1) is 20.3 Å². The van der Waals surface area contributed by atoms with E-state index in [0.29, 0.717) is 50.2 Å². The number of ether oxygens (including phenoxy) is 2. The fourth-order valence-corrected chi connectivity index (χ4v) is 3.17. The van der Waals surface area contributed by atoms with Gasteiger partial charge in [-0.25, -0.2) is 9.97 Å². The van der Waals surface area contributed by atoms with Crippen LogP contribution in [0.3, 0.4) is 0 Å². The Morgan fingerprint density at radius 1 is 1.27 bits per heavy atom. The lowest BCUT2D eigenvalue weighted by atomic mass is 10.2. The van der Waals surface area contributed by atoms with Crippen LogP contribution in [0, 0.1) is 0 Å². The van der Waals surface area contributed by atoms with E-state index in [1.165, 1.54) is 17.1 Å². The van der Waals surface area contributed by atoms with E-state index in [2.05, 4.69) is 20.3 Å². The molecule has 3 aromatic rings.